The molecule has 0 saturated heterocycles. The normalized spacial score (nSPS) is 12.6. The van der Waals surface area contributed by atoms with Crippen LogP contribution in [-0.2, 0) is 13.0 Å². The van der Waals surface area contributed by atoms with E-state index in [0.717, 1.165) is 29.2 Å². The summed E-state index contributed by atoms with van der Waals surface area (Å²) in [6.45, 7) is 5.03. The van der Waals surface area contributed by atoms with Gasteiger partial charge in [-0.1, -0.05) is 29.8 Å². The van der Waals surface area contributed by atoms with Crippen molar-refractivity contribution >= 4 is 11.6 Å². The molecule has 0 saturated carbocycles. The smallest absolute Gasteiger partial charge is 0.0596 e. The molecule has 0 fully saturated rings. The number of likely N-dealkylation sites (N-methyl/N-ethyl adjacent to an activating group) is 1. The molecule has 1 unspecified atom stereocenters. The Labute approximate surface area is 119 Å². The molecule has 0 radical (unpaired) electrons. The molecule has 1 aromatic carbocycles. The van der Waals surface area contributed by atoms with Gasteiger partial charge in [0.05, 0.1) is 5.69 Å². The van der Waals surface area contributed by atoms with E-state index in [1.807, 2.05) is 32.2 Å². The van der Waals surface area contributed by atoms with Gasteiger partial charge in [-0.3, -0.25) is 4.68 Å². The fourth-order valence-corrected chi connectivity index (χ4v) is 2.64. The summed E-state index contributed by atoms with van der Waals surface area (Å²) in [5.41, 5.74) is 3.43. The fourth-order valence-electron chi connectivity index (χ4n) is 2.37. The van der Waals surface area contributed by atoms with Crippen LogP contribution in [0.25, 0.3) is 0 Å². The van der Waals surface area contributed by atoms with Crippen molar-refractivity contribution in [2.75, 3.05) is 7.05 Å². The molecule has 19 heavy (non-hydrogen) atoms. The lowest BCUT2D eigenvalue weighted by Gasteiger charge is -2.18. The molecule has 1 atom stereocenters. The lowest BCUT2D eigenvalue weighted by atomic mass is 10.0. The second kappa shape index (κ2) is 6.22. The van der Waals surface area contributed by atoms with Crippen molar-refractivity contribution in [1.82, 2.24) is 15.1 Å². The predicted octanol–water partition coefficient (Wildman–Crippen LogP) is 3.37. The first-order valence-corrected chi connectivity index (χ1v) is 6.98. The fraction of sp³-hybridized carbons (Fsp3) is 0.400. The highest BCUT2D eigenvalue weighted by Gasteiger charge is 2.15. The van der Waals surface area contributed by atoms with Crippen molar-refractivity contribution in [3.8, 4) is 0 Å². The molecule has 0 aliphatic rings. The van der Waals surface area contributed by atoms with Crippen molar-refractivity contribution in [2.24, 2.45) is 0 Å². The maximum atomic E-state index is 6.28. The zero-order valence-electron chi connectivity index (χ0n) is 11.7. The molecular formula is C15H20ClN3. The Morgan fingerprint density at radius 3 is 2.74 bits per heavy atom. The summed E-state index contributed by atoms with van der Waals surface area (Å²) >= 11 is 6.28. The average molecular weight is 278 g/mol. The SMILES string of the molecule is CCn1nc(C)cc1CC(NC)c1ccccc1Cl. The van der Waals surface area contributed by atoms with Crippen molar-refractivity contribution in [3.05, 3.63) is 52.3 Å². The van der Waals surface area contributed by atoms with Gasteiger partial charge in [-0.15, -0.1) is 0 Å². The second-order valence-corrected chi connectivity index (χ2v) is 5.07. The number of nitrogens with zero attached hydrogens (tertiary/aromatic N) is 2. The van der Waals surface area contributed by atoms with E-state index in [1.165, 1.54) is 5.69 Å². The van der Waals surface area contributed by atoms with Crippen LogP contribution in [0.15, 0.2) is 30.3 Å². The van der Waals surface area contributed by atoms with E-state index >= 15 is 0 Å². The van der Waals surface area contributed by atoms with Crippen molar-refractivity contribution in [1.29, 1.82) is 0 Å². The Hall–Kier alpha value is -1.32. The maximum Gasteiger partial charge on any atom is 0.0596 e. The van der Waals surface area contributed by atoms with Crippen LogP contribution >= 0.6 is 11.6 Å². The number of rotatable bonds is 5. The molecule has 1 N–H and O–H groups in total. The Bertz CT molecular complexity index is 548. The first-order chi connectivity index (χ1) is 9.15. The van der Waals surface area contributed by atoms with E-state index in [2.05, 4.69) is 34.2 Å². The van der Waals surface area contributed by atoms with Gasteiger partial charge in [0.15, 0.2) is 0 Å². The van der Waals surface area contributed by atoms with Gasteiger partial charge in [-0.2, -0.15) is 5.10 Å². The highest BCUT2D eigenvalue weighted by molar-refractivity contribution is 6.31. The van der Waals surface area contributed by atoms with Gasteiger partial charge < -0.3 is 5.32 Å². The number of halogens is 1. The Morgan fingerprint density at radius 1 is 1.37 bits per heavy atom. The molecule has 0 amide bonds. The summed E-state index contributed by atoms with van der Waals surface area (Å²) in [5, 5.41) is 8.64. The minimum absolute atomic E-state index is 0.204. The van der Waals surface area contributed by atoms with Crippen molar-refractivity contribution in [2.45, 2.75) is 32.9 Å². The molecule has 1 aromatic heterocycles. The molecular weight excluding hydrogens is 258 g/mol. The first kappa shape index (κ1) is 14.1. The summed E-state index contributed by atoms with van der Waals surface area (Å²) in [5.74, 6) is 0. The topological polar surface area (TPSA) is 29.9 Å². The third-order valence-corrected chi connectivity index (χ3v) is 3.67. The minimum Gasteiger partial charge on any atom is -0.313 e. The number of hydrogen-bond acceptors (Lipinski definition) is 2. The van der Waals surface area contributed by atoms with Gasteiger partial charge in [0, 0.05) is 29.7 Å². The van der Waals surface area contributed by atoms with Gasteiger partial charge in [-0.05, 0) is 38.6 Å². The molecule has 0 bridgehead atoms. The van der Waals surface area contributed by atoms with Crippen LogP contribution in [0.2, 0.25) is 5.02 Å². The van der Waals surface area contributed by atoms with Gasteiger partial charge in [0.25, 0.3) is 0 Å². The summed E-state index contributed by atoms with van der Waals surface area (Å²) < 4.78 is 2.05. The molecule has 0 aliphatic carbocycles. The van der Waals surface area contributed by atoms with Gasteiger partial charge in [-0.25, -0.2) is 0 Å². The van der Waals surface area contributed by atoms with E-state index in [0.29, 0.717) is 0 Å². The quantitative estimate of drug-likeness (QED) is 0.908. The number of benzene rings is 1. The van der Waals surface area contributed by atoms with E-state index in [1.54, 1.807) is 0 Å². The molecule has 0 spiro atoms. The van der Waals surface area contributed by atoms with Crippen LogP contribution in [0.1, 0.15) is 29.9 Å². The molecule has 2 aromatic rings. The standard InChI is InChI=1S/C15H20ClN3/c1-4-19-12(9-11(2)18-19)10-15(17-3)13-7-5-6-8-14(13)16/h5-9,15,17H,4,10H2,1-3H3. The summed E-state index contributed by atoms with van der Waals surface area (Å²) in [6.07, 6.45) is 0.884. The third kappa shape index (κ3) is 3.17. The summed E-state index contributed by atoms with van der Waals surface area (Å²) in [7, 11) is 1.97. The first-order valence-electron chi connectivity index (χ1n) is 6.60. The molecule has 0 aliphatic heterocycles. The predicted molar refractivity (Wildman–Crippen MR) is 79.6 cm³/mol. The lowest BCUT2D eigenvalue weighted by molar-refractivity contribution is 0.541. The average Bonchev–Trinajstić information content (AvgIpc) is 2.77. The van der Waals surface area contributed by atoms with Gasteiger partial charge in [0.2, 0.25) is 0 Å². The van der Waals surface area contributed by atoms with Gasteiger partial charge >= 0.3 is 0 Å². The molecule has 2 rings (SSSR count). The summed E-state index contributed by atoms with van der Waals surface area (Å²) in [4.78, 5) is 0. The number of aromatic nitrogens is 2. The zero-order valence-corrected chi connectivity index (χ0v) is 12.4. The van der Waals surface area contributed by atoms with Crippen LogP contribution in [0.3, 0.4) is 0 Å². The summed E-state index contributed by atoms with van der Waals surface area (Å²) in [6, 6.07) is 10.3. The largest absolute Gasteiger partial charge is 0.313 e. The molecule has 102 valence electrons. The second-order valence-electron chi connectivity index (χ2n) is 4.66. The van der Waals surface area contributed by atoms with E-state index in [4.69, 9.17) is 11.6 Å². The molecule has 1 heterocycles. The number of aryl methyl sites for hydroxylation is 2. The highest BCUT2D eigenvalue weighted by Crippen LogP contribution is 2.25. The van der Waals surface area contributed by atoms with E-state index < -0.39 is 0 Å². The van der Waals surface area contributed by atoms with Crippen molar-refractivity contribution in [3.63, 3.8) is 0 Å². The number of nitrogens with one attached hydrogen (secondary N) is 1. The van der Waals surface area contributed by atoms with E-state index in [-0.39, 0.29) is 6.04 Å². The monoisotopic (exact) mass is 277 g/mol. The van der Waals surface area contributed by atoms with Crippen molar-refractivity contribution < 1.29 is 0 Å². The Morgan fingerprint density at radius 2 is 2.11 bits per heavy atom. The molecule has 4 heteroatoms. The third-order valence-electron chi connectivity index (χ3n) is 3.33. The highest BCUT2D eigenvalue weighted by atomic mass is 35.5. The minimum atomic E-state index is 0.204. The van der Waals surface area contributed by atoms with Crippen LogP contribution in [-0.4, -0.2) is 16.8 Å². The Kier molecular flexibility index (Phi) is 4.61. The van der Waals surface area contributed by atoms with Gasteiger partial charge in [0.1, 0.15) is 0 Å². The van der Waals surface area contributed by atoms with Crippen LogP contribution < -0.4 is 5.32 Å². The van der Waals surface area contributed by atoms with E-state index in [9.17, 15) is 0 Å². The Balaban J connectivity index is 2.26. The lowest BCUT2D eigenvalue weighted by Crippen LogP contribution is -2.20. The number of hydrogen-bond donors (Lipinski definition) is 1. The van der Waals surface area contributed by atoms with Crippen LogP contribution in [0.5, 0.6) is 0 Å². The van der Waals surface area contributed by atoms with Crippen LogP contribution in [0.4, 0.5) is 0 Å². The molecule has 3 nitrogen and oxygen atoms in total. The maximum absolute atomic E-state index is 6.28. The zero-order chi connectivity index (χ0) is 13.8. The van der Waals surface area contributed by atoms with Crippen LogP contribution in [0, 0.1) is 6.92 Å².